The second-order valence-corrected chi connectivity index (χ2v) is 7.26. The van der Waals surface area contributed by atoms with Crippen molar-refractivity contribution in [3.05, 3.63) is 64.1 Å². The third kappa shape index (κ3) is 3.75. The zero-order valence-electron chi connectivity index (χ0n) is 14.1. The van der Waals surface area contributed by atoms with E-state index in [9.17, 15) is 4.79 Å². The van der Waals surface area contributed by atoms with Crippen molar-refractivity contribution >= 4 is 0 Å². The van der Waals surface area contributed by atoms with Crippen molar-refractivity contribution in [2.24, 2.45) is 5.92 Å². The summed E-state index contributed by atoms with van der Waals surface area (Å²) in [6, 6.07) is 14.3. The maximum absolute atomic E-state index is 12.1. The number of rotatable bonds is 5. The van der Waals surface area contributed by atoms with Gasteiger partial charge in [0, 0.05) is 25.1 Å². The van der Waals surface area contributed by atoms with Gasteiger partial charge < -0.3 is 0 Å². The first kappa shape index (κ1) is 15.6. The van der Waals surface area contributed by atoms with Gasteiger partial charge in [0.05, 0.1) is 5.69 Å². The van der Waals surface area contributed by atoms with Crippen LogP contribution in [0.15, 0.2) is 47.3 Å². The van der Waals surface area contributed by atoms with E-state index in [-0.39, 0.29) is 5.56 Å². The first-order valence-electron chi connectivity index (χ1n) is 9.12. The Labute approximate surface area is 143 Å². The summed E-state index contributed by atoms with van der Waals surface area (Å²) in [5, 5.41) is 4.61. The zero-order chi connectivity index (χ0) is 16.4. The monoisotopic (exact) mass is 323 g/mol. The highest BCUT2D eigenvalue weighted by molar-refractivity contribution is 5.14. The molecule has 1 saturated carbocycles. The molecule has 2 aromatic rings. The molecule has 24 heavy (non-hydrogen) atoms. The molecule has 4 nitrogen and oxygen atoms in total. The van der Waals surface area contributed by atoms with Gasteiger partial charge >= 0.3 is 0 Å². The van der Waals surface area contributed by atoms with Crippen LogP contribution >= 0.6 is 0 Å². The molecule has 1 aliphatic heterocycles. The molecule has 1 aromatic heterocycles. The van der Waals surface area contributed by atoms with E-state index in [1.165, 1.54) is 18.4 Å². The number of piperidine rings is 1. The van der Waals surface area contributed by atoms with E-state index in [0.29, 0.717) is 11.8 Å². The number of likely N-dealkylation sites (tertiary alicyclic amines) is 1. The molecule has 0 N–H and O–H groups in total. The van der Waals surface area contributed by atoms with Crippen molar-refractivity contribution < 1.29 is 0 Å². The van der Waals surface area contributed by atoms with Crippen LogP contribution in [0.4, 0.5) is 0 Å². The highest BCUT2D eigenvalue weighted by atomic mass is 16.1. The fraction of sp³-hybridized carbons (Fsp3) is 0.500. The summed E-state index contributed by atoms with van der Waals surface area (Å²) in [5.41, 5.74) is 2.54. The number of benzene rings is 1. The lowest BCUT2D eigenvalue weighted by molar-refractivity contribution is 0.163. The molecule has 4 rings (SSSR count). The minimum Gasteiger partial charge on any atom is -0.299 e. The van der Waals surface area contributed by atoms with Gasteiger partial charge in [-0.15, -0.1) is 0 Å². The van der Waals surface area contributed by atoms with Crippen molar-refractivity contribution in [2.75, 3.05) is 13.1 Å². The molecule has 0 spiro atoms. The lowest BCUT2D eigenvalue weighted by Crippen LogP contribution is -2.36. The Bertz CT molecular complexity index is 728. The highest BCUT2D eigenvalue weighted by Crippen LogP contribution is 2.38. The van der Waals surface area contributed by atoms with Crippen LogP contribution in [0.5, 0.6) is 0 Å². The van der Waals surface area contributed by atoms with E-state index in [0.717, 1.165) is 44.7 Å². The maximum atomic E-state index is 12.1. The van der Waals surface area contributed by atoms with Crippen molar-refractivity contribution in [1.82, 2.24) is 14.7 Å². The highest BCUT2D eigenvalue weighted by Gasteiger charge is 2.26. The van der Waals surface area contributed by atoms with Crippen molar-refractivity contribution in [1.29, 1.82) is 0 Å². The largest absolute Gasteiger partial charge is 0.299 e. The predicted molar refractivity (Wildman–Crippen MR) is 94.9 cm³/mol. The summed E-state index contributed by atoms with van der Waals surface area (Å²) in [7, 11) is 0. The standard InChI is InChI=1S/C20H25N3O/c24-20-9-8-19(18-6-7-18)21-23(20)15-17-10-12-22(13-11-17)14-16-4-2-1-3-5-16/h1-5,8-9,17-18H,6-7,10-15H2. The van der Waals surface area contributed by atoms with E-state index in [1.54, 1.807) is 10.7 Å². The van der Waals surface area contributed by atoms with Gasteiger partial charge in [-0.05, 0) is 56.3 Å². The summed E-state index contributed by atoms with van der Waals surface area (Å²) in [6.45, 7) is 4.02. The molecular formula is C20H25N3O. The molecule has 0 bridgehead atoms. The summed E-state index contributed by atoms with van der Waals surface area (Å²) < 4.78 is 1.71. The molecule has 2 heterocycles. The average Bonchev–Trinajstić information content (AvgIpc) is 3.45. The Morgan fingerprint density at radius 3 is 2.42 bits per heavy atom. The molecule has 1 aliphatic carbocycles. The lowest BCUT2D eigenvalue weighted by atomic mass is 9.96. The van der Waals surface area contributed by atoms with Crippen LogP contribution in [0, 0.1) is 5.92 Å². The van der Waals surface area contributed by atoms with Crippen LogP contribution in [0.1, 0.15) is 42.9 Å². The number of aromatic nitrogens is 2. The van der Waals surface area contributed by atoms with Crippen LogP contribution in [0.3, 0.4) is 0 Å². The van der Waals surface area contributed by atoms with Crippen molar-refractivity contribution in [3.63, 3.8) is 0 Å². The van der Waals surface area contributed by atoms with Crippen LogP contribution in [0.25, 0.3) is 0 Å². The van der Waals surface area contributed by atoms with Gasteiger partial charge in [0.1, 0.15) is 0 Å². The Morgan fingerprint density at radius 1 is 0.958 bits per heavy atom. The summed E-state index contributed by atoms with van der Waals surface area (Å²) in [5.74, 6) is 1.17. The van der Waals surface area contributed by atoms with Crippen molar-refractivity contribution in [2.45, 2.75) is 44.7 Å². The number of hydrogen-bond acceptors (Lipinski definition) is 3. The summed E-state index contributed by atoms with van der Waals surface area (Å²) >= 11 is 0. The van der Waals surface area contributed by atoms with Gasteiger partial charge in [0.2, 0.25) is 0 Å². The molecule has 1 saturated heterocycles. The SMILES string of the molecule is O=c1ccc(C2CC2)nn1CC1CCN(Cc2ccccc2)CC1. The molecule has 0 radical (unpaired) electrons. The predicted octanol–water partition coefficient (Wildman–Crippen LogP) is 3.03. The topological polar surface area (TPSA) is 38.1 Å². The first-order chi connectivity index (χ1) is 11.8. The fourth-order valence-electron chi connectivity index (χ4n) is 3.61. The Morgan fingerprint density at radius 2 is 1.71 bits per heavy atom. The van der Waals surface area contributed by atoms with Gasteiger partial charge in [0.25, 0.3) is 5.56 Å². The van der Waals surface area contributed by atoms with E-state index in [4.69, 9.17) is 0 Å². The first-order valence-corrected chi connectivity index (χ1v) is 9.12. The number of nitrogens with zero attached hydrogens (tertiary/aromatic N) is 3. The molecule has 0 unspecified atom stereocenters. The molecule has 2 aliphatic rings. The molecule has 126 valence electrons. The van der Waals surface area contributed by atoms with Crippen LogP contribution in [-0.4, -0.2) is 27.8 Å². The summed E-state index contributed by atoms with van der Waals surface area (Å²) in [4.78, 5) is 14.6. The Balaban J connectivity index is 1.33. The number of hydrogen-bond donors (Lipinski definition) is 0. The van der Waals surface area contributed by atoms with Gasteiger partial charge in [0.15, 0.2) is 0 Å². The van der Waals surface area contributed by atoms with E-state index >= 15 is 0 Å². The molecule has 0 atom stereocenters. The van der Waals surface area contributed by atoms with Gasteiger partial charge in [-0.3, -0.25) is 9.69 Å². The van der Waals surface area contributed by atoms with E-state index in [1.807, 2.05) is 6.07 Å². The third-order valence-electron chi connectivity index (χ3n) is 5.27. The van der Waals surface area contributed by atoms with Gasteiger partial charge in [-0.2, -0.15) is 5.10 Å². The van der Waals surface area contributed by atoms with Crippen LogP contribution < -0.4 is 5.56 Å². The molecule has 4 heteroatoms. The third-order valence-corrected chi connectivity index (χ3v) is 5.27. The zero-order valence-corrected chi connectivity index (χ0v) is 14.1. The minimum absolute atomic E-state index is 0.0473. The van der Waals surface area contributed by atoms with Crippen molar-refractivity contribution in [3.8, 4) is 0 Å². The van der Waals surface area contributed by atoms with Crippen LogP contribution in [-0.2, 0) is 13.1 Å². The van der Waals surface area contributed by atoms with Gasteiger partial charge in [-0.1, -0.05) is 30.3 Å². The second-order valence-electron chi connectivity index (χ2n) is 7.26. The molecule has 2 fully saturated rings. The Kier molecular flexibility index (Phi) is 4.48. The molecular weight excluding hydrogens is 298 g/mol. The summed E-state index contributed by atoms with van der Waals surface area (Å²) in [6.07, 6.45) is 4.75. The molecule has 0 amide bonds. The Hall–Kier alpha value is -1.94. The fourth-order valence-corrected chi connectivity index (χ4v) is 3.61. The smallest absolute Gasteiger partial charge is 0.266 e. The second kappa shape index (κ2) is 6.89. The normalized spacial score (nSPS) is 19.5. The van der Waals surface area contributed by atoms with Gasteiger partial charge in [-0.25, -0.2) is 4.68 Å². The van der Waals surface area contributed by atoms with E-state index in [2.05, 4.69) is 40.3 Å². The quantitative estimate of drug-likeness (QED) is 0.849. The van der Waals surface area contributed by atoms with E-state index < -0.39 is 0 Å². The van der Waals surface area contributed by atoms with Crippen LogP contribution in [0.2, 0.25) is 0 Å². The average molecular weight is 323 g/mol. The lowest BCUT2D eigenvalue weighted by Gasteiger charge is -2.32. The minimum atomic E-state index is 0.0473. The molecule has 1 aromatic carbocycles. The maximum Gasteiger partial charge on any atom is 0.266 e.